The zero-order chi connectivity index (χ0) is 55.7. The molecule has 2 saturated heterocycles. The number of hydrogen-bond donors (Lipinski definition) is 0. The number of aryl methyl sites for hydroxylation is 1. The number of rotatable bonds is 14. The van der Waals surface area contributed by atoms with Gasteiger partial charge in [0.05, 0.1) is 70.4 Å². The number of anilines is 1. The molecule has 82 heavy (non-hydrogen) atoms. The predicted molar refractivity (Wildman–Crippen MR) is 310 cm³/mol. The van der Waals surface area contributed by atoms with E-state index in [-0.39, 0.29) is 58.2 Å². The topological polar surface area (TPSA) is 111 Å². The third-order valence-corrected chi connectivity index (χ3v) is 27.0. The van der Waals surface area contributed by atoms with Gasteiger partial charge in [-0.05, 0) is 180 Å². The first-order valence-electron chi connectivity index (χ1n) is 31.1. The molecule has 0 unspecified atom stereocenters. The molecule has 5 aromatic carbocycles. The summed E-state index contributed by atoms with van der Waals surface area (Å²) in [6.45, 7) is 5.79. The van der Waals surface area contributed by atoms with Gasteiger partial charge >= 0.3 is 0 Å². The van der Waals surface area contributed by atoms with E-state index in [1.807, 2.05) is 28.4 Å². The van der Waals surface area contributed by atoms with Crippen LogP contribution in [0.4, 0.5) is 5.69 Å². The highest BCUT2D eigenvalue weighted by Gasteiger charge is 2.94. The highest BCUT2D eigenvalue weighted by Crippen LogP contribution is 2.95. The van der Waals surface area contributed by atoms with Gasteiger partial charge in [0.2, 0.25) is 11.8 Å². The fourth-order valence-electron chi connectivity index (χ4n) is 25.5. The minimum Gasteiger partial charge on any atom is -0.496 e. The lowest BCUT2D eigenvalue weighted by atomic mass is 9.22. The maximum Gasteiger partial charge on any atom is 0.241 e. The van der Waals surface area contributed by atoms with Crippen LogP contribution in [0.1, 0.15) is 86.8 Å². The van der Waals surface area contributed by atoms with Gasteiger partial charge < -0.3 is 37.9 Å². The molecule has 6 bridgehead atoms. The number of amides is 2. The molecule has 17 rings (SSSR count). The van der Waals surface area contributed by atoms with E-state index in [9.17, 15) is 0 Å². The summed E-state index contributed by atoms with van der Waals surface area (Å²) in [5, 5.41) is 2.10. The van der Waals surface area contributed by atoms with Gasteiger partial charge in [-0.3, -0.25) is 9.59 Å². The van der Waals surface area contributed by atoms with Gasteiger partial charge in [-0.15, -0.1) is 0 Å². The summed E-state index contributed by atoms with van der Waals surface area (Å²) in [6, 6.07) is 34.3. The van der Waals surface area contributed by atoms with E-state index in [4.69, 9.17) is 37.9 Å². The smallest absolute Gasteiger partial charge is 0.241 e. The molecule has 11 nitrogen and oxygen atoms in total. The Morgan fingerprint density at radius 3 is 1.30 bits per heavy atom. The molecule has 9 saturated carbocycles. The summed E-state index contributed by atoms with van der Waals surface area (Å²) >= 11 is 0. The molecule has 12 aliphatic rings. The summed E-state index contributed by atoms with van der Waals surface area (Å²) < 4.78 is 53.5. The first-order valence-corrected chi connectivity index (χ1v) is 31.1. The van der Waals surface area contributed by atoms with Gasteiger partial charge in [0.25, 0.3) is 0 Å². The van der Waals surface area contributed by atoms with Crippen molar-refractivity contribution < 1.29 is 47.5 Å². The van der Waals surface area contributed by atoms with Crippen LogP contribution in [0.5, 0.6) is 11.5 Å². The maximum atomic E-state index is 17.0. The number of imide groups is 1. The predicted octanol–water partition coefficient (Wildman–Crippen LogP) is 12.2. The average Bonchev–Trinajstić information content (AvgIpc) is 1.36. The molecule has 1 spiro atoms. The Labute approximate surface area is 482 Å². The monoisotopic (exact) mass is 1110 g/mol. The number of ether oxygens (including phenoxy) is 8. The zero-order valence-electron chi connectivity index (χ0n) is 48.8. The second-order valence-electron chi connectivity index (χ2n) is 27.9. The summed E-state index contributed by atoms with van der Waals surface area (Å²) in [7, 11) is 11.2. The lowest BCUT2D eigenvalue weighted by Gasteiger charge is -2.80. The van der Waals surface area contributed by atoms with Crippen LogP contribution in [-0.4, -0.2) is 99.9 Å². The summed E-state index contributed by atoms with van der Waals surface area (Å²) in [5.74, 6) is 4.18. The van der Waals surface area contributed by atoms with Gasteiger partial charge in [-0.2, -0.15) is 0 Å². The molecule has 428 valence electrons. The molecule has 0 radical (unpaired) electrons. The molecular weight excluding hydrogens is 1030 g/mol. The normalized spacial score (nSPS) is 41.9. The summed E-state index contributed by atoms with van der Waals surface area (Å²) in [5.41, 5.74) is 6.05. The molecule has 2 heterocycles. The Bertz CT molecular complexity index is 3300. The molecule has 11 heteroatoms. The summed E-state index contributed by atoms with van der Waals surface area (Å²) in [4.78, 5) is 35.6. The molecule has 18 atom stereocenters. The van der Waals surface area contributed by atoms with Crippen LogP contribution in [0.25, 0.3) is 33.0 Å². The number of carbonyl (C=O) groups is 2. The van der Waals surface area contributed by atoms with E-state index >= 15 is 9.59 Å². The fourth-order valence-corrected chi connectivity index (χ4v) is 25.5. The number of carbonyl (C=O) groups excluding carboxylic acids is 2. The van der Waals surface area contributed by atoms with Crippen molar-refractivity contribution >= 4 is 28.3 Å². The van der Waals surface area contributed by atoms with Crippen molar-refractivity contribution in [2.45, 2.75) is 82.3 Å². The average molecular weight is 1110 g/mol. The molecular formula is C71H79NO10. The largest absolute Gasteiger partial charge is 0.496 e. The Balaban J connectivity index is 0.897. The van der Waals surface area contributed by atoms with Gasteiger partial charge in [0, 0.05) is 72.7 Å². The standard InChI is InChI=1S/C71H79NO10/c1-8-39-19-21-42(22-20-39)72-63(73)65-31-49-50(68(36-76-3)46-29-45(67(49,68)35-75-2)57-43-23-24-44(58(46)57)71(43)81-27-28-82-71)32-66(65,64(72)74)34-52-51(33-65)69(37-77-4)47-30-48(70(52,69)38-78-5)60-56(41-17-13-10-14-18-41)62-54(80-7)26-25-53(79-6)61(62)55(59(47)60)40-15-11-9-12-16-40/h9-22,25-26,43-52,57-58H,8,23-24,27-38H2,1-7H3/t43-,44+,45+,46-,47-,48+,49-,50+,51+,52-,57-,58+,65-,66+,67+,68-,69-,70+. The Kier molecular flexibility index (Phi) is 10.8. The molecule has 10 aliphatic carbocycles. The van der Waals surface area contributed by atoms with Crippen LogP contribution in [0.3, 0.4) is 0 Å². The number of hydrogen-bond acceptors (Lipinski definition) is 10. The van der Waals surface area contributed by atoms with Crippen molar-refractivity contribution in [1.29, 1.82) is 0 Å². The molecule has 2 amide bonds. The van der Waals surface area contributed by atoms with Gasteiger partial charge in [-0.25, -0.2) is 4.90 Å². The van der Waals surface area contributed by atoms with Crippen LogP contribution in [0.2, 0.25) is 0 Å². The second-order valence-corrected chi connectivity index (χ2v) is 27.9. The third kappa shape index (κ3) is 5.33. The van der Waals surface area contributed by atoms with Crippen LogP contribution < -0.4 is 14.4 Å². The van der Waals surface area contributed by atoms with E-state index in [2.05, 4.69) is 104 Å². The highest BCUT2D eigenvalue weighted by atomic mass is 16.7. The summed E-state index contributed by atoms with van der Waals surface area (Å²) in [6.07, 6.45) is 7.84. The number of nitrogens with zero attached hydrogens (tertiary/aromatic N) is 1. The lowest BCUT2D eigenvalue weighted by molar-refractivity contribution is -0.350. The van der Waals surface area contributed by atoms with Crippen molar-refractivity contribution in [1.82, 2.24) is 0 Å². The number of benzene rings is 5. The van der Waals surface area contributed by atoms with Gasteiger partial charge in [0.15, 0.2) is 5.79 Å². The minimum absolute atomic E-state index is 0.0163. The lowest BCUT2D eigenvalue weighted by Crippen LogP contribution is -2.80. The van der Waals surface area contributed by atoms with Crippen molar-refractivity contribution in [2.24, 2.45) is 91.7 Å². The molecule has 0 N–H and O–H groups in total. The Hall–Kier alpha value is -5.14. The van der Waals surface area contributed by atoms with E-state index < -0.39 is 27.4 Å². The molecule has 0 aromatic heterocycles. The van der Waals surface area contributed by atoms with Gasteiger partial charge in [-0.1, -0.05) is 79.7 Å². The van der Waals surface area contributed by atoms with Crippen molar-refractivity contribution in [3.05, 3.63) is 114 Å². The van der Waals surface area contributed by atoms with E-state index in [0.717, 1.165) is 65.5 Å². The Morgan fingerprint density at radius 1 is 0.488 bits per heavy atom. The SMILES string of the molecule is CCc1ccc(N2C(=O)[C@]34C[C@@H]5[C@H](C[C@]3(C[C@@H]3[C@H](C4)[C@@]4(COC)[C@@H]6C[C@@H](c7c6c(-c6ccccc6)c6c(OC)ccc(OC)c6c7-c6ccccc6)[C@@]34COC)C2=O)[C@@]2(COC)[C@@H]3C[C@@H]([C@@H]4[C@H]3[C@@H]3CC[C@H]4C34OCCO4)[C@@]52COC)cc1. The zero-order valence-corrected chi connectivity index (χ0v) is 48.8. The van der Waals surface area contributed by atoms with Crippen LogP contribution >= 0.6 is 0 Å². The second kappa shape index (κ2) is 17.3. The third-order valence-electron chi connectivity index (χ3n) is 27.0. The maximum absolute atomic E-state index is 17.0. The van der Waals surface area contributed by atoms with Crippen LogP contribution in [0.15, 0.2) is 97.1 Å². The quantitative estimate of drug-likeness (QED) is 0.0605. The Morgan fingerprint density at radius 2 is 0.902 bits per heavy atom. The molecule has 5 aromatic rings. The van der Waals surface area contributed by atoms with Gasteiger partial charge in [0.1, 0.15) is 11.5 Å². The minimum atomic E-state index is -0.952. The number of methoxy groups -OCH3 is 6. The fraction of sp³-hybridized carbons (Fsp3) is 0.577. The van der Waals surface area contributed by atoms with Crippen LogP contribution in [-0.2, 0) is 44.4 Å². The van der Waals surface area contributed by atoms with Crippen molar-refractivity contribution in [3.63, 3.8) is 0 Å². The first-order chi connectivity index (χ1) is 40.1. The van der Waals surface area contributed by atoms with Crippen molar-refractivity contribution in [2.75, 3.05) is 87.2 Å². The highest BCUT2D eigenvalue weighted by molar-refractivity contribution is 6.26. The van der Waals surface area contributed by atoms with E-state index in [0.29, 0.717) is 107 Å². The van der Waals surface area contributed by atoms with E-state index in [1.165, 1.54) is 27.8 Å². The number of fused-ring (bicyclic) bond motifs is 25. The van der Waals surface area contributed by atoms with Crippen LogP contribution in [0, 0.1) is 91.7 Å². The molecule has 2 aliphatic heterocycles. The molecule has 11 fully saturated rings. The van der Waals surface area contributed by atoms with Crippen molar-refractivity contribution in [3.8, 4) is 33.8 Å². The van der Waals surface area contributed by atoms with E-state index in [1.54, 1.807) is 19.1 Å². The first kappa shape index (κ1) is 51.3.